The molecule has 0 spiro atoms. The highest BCUT2D eigenvalue weighted by atomic mass is 32.2. The van der Waals surface area contributed by atoms with Crippen LogP contribution < -0.4 is 5.73 Å². The van der Waals surface area contributed by atoms with E-state index in [1.54, 1.807) is 0 Å². The molecule has 3 heteroatoms. The Hall–Kier alpha value is -0.120. The van der Waals surface area contributed by atoms with Crippen LogP contribution in [0.15, 0.2) is 24.3 Å². The maximum absolute atomic E-state index is 6.51. The van der Waals surface area contributed by atoms with Crippen LogP contribution in [0.4, 0.5) is 0 Å². The Kier molecular flexibility index (Phi) is 5.67. The van der Waals surface area contributed by atoms with E-state index in [0.717, 1.165) is 11.7 Å². The Labute approximate surface area is 126 Å². The van der Waals surface area contributed by atoms with Crippen LogP contribution in [0, 0.1) is 0 Å². The molecule has 4 unspecified atom stereocenters. The molecule has 1 aromatic carbocycles. The number of hydrogen-bond acceptors (Lipinski definition) is 3. The normalized spacial score (nSPS) is 29.2. The largest absolute Gasteiger partial charge is 0.323 e. The van der Waals surface area contributed by atoms with Crippen molar-refractivity contribution in [1.29, 1.82) is 0 Å². The molecule has 1 heterocycles. The van der Waals surface area contributed by atoms with E-state index in [2.05, 4.69) is 68.6 Å². The van der Waals surface area contributed by atoms with Gasteiger partial charge in [-0.2, -0.15) is 23.5 Å². The minimum atomic E-state index is 0.171. The van der Waals surface area contributed by atoms with E-state index in [9.17, 15) is 0 Å². The standard InChI is InChI=1S/C16H25NS2/c1-4-6-13-7-5-8-14(9-13)16(17)15-10-18-11(2)12(3)19-15/h5,7-9,11-12,15-16H,4,6,10,17H2,1-3H3. The first-order valence-corrected chi connectivity index (χ1v) is 9.22. The molecule has 2 rings (SSSR count). The minimum Gasteiger partial charge on any atom is -0.323 e. The van der Waals surface area contributed by atoms with Crippen LogP contribution in [-0.4, -0.2) is 21.5 Å². The van der Waals surface area contributed by atoms with Gasteiger partial charge in [0.1, 0.15) is 0 Å². The summed E-state index contributed by atoms with van der Waals surface area (Å²) in [5, 5.41) is 2.00. The molecular weight excluding hydrogens is 270 g/mol. The van der Waals surface area contributed by atoms with Crippen molar-refractivity contribution in [3.8, 4) is 0 Å². The van der Waals surface area contributed by atoms with Crippen LogP contribution in [-0.2, 0) is 6.42 Å². The molecule has 0 bridgehead atoms. The molecule has 1 fully saturated rings. The summed E-state index contributed by atoms with van der Waals surface area (Å²) in [5.74, 6) is 1.18. The average molecular weight is 296 g/mol. The van der Waals surface area contributed by atoms with Crippen molar-refractivity contribution in [2.45, 2.75) is 55.4 Å². The number of nitrogens with two attached hydrogens (primary N) is 1. The monoisotopic (exact) mass is 295 g/mol. The van der Waals surface area contributed by atoms with Crippen LogP contribution in [0.25, 0.3) is 0 Å². The van der Waals surface area contributed by atoms with E-state index in [4.69, 9.17) is 5.73 Å². The molecule has 0 aromatic heterocycles. The second-order valence-corrected chi connectivity index (χ2v) is 8.47. The zero-order chi connectivity index (χ0) is 13.8. The van der Waals surface area contributed by atoms with E-state index in [1.165, 1.54) is 23.3 Å². The Bertz CT molecular complexity index is 407. The van der Waals surface area contributed by atoms with Gasteiger partial charge < -0.3 is 5.73 Å². The lowest BCUT2D eigenvalue weighted by molar-refractivity contribution is 0.706. The van der Waals surface area contributed by atoms with Crippen LogP contribution in [0.2, 0.25) is 0 Å². The Morgan fingerprint density at radius 2 is 2.11 bits per heavy atom. The second-order valence-electron chi connectivity index (χ2n) is 5.44. The summed E-state index contributed by atoms with van der Waals surface area (Å²) in [6.07, 6.45) is 2.35. The van der Waals surface area contributed by atoms with Crippen LogP contribution in [0.3, 0.4) is 0 Å². The van der Waals surface area contributed by atoms with Gasteiger partial charge in [0.15, 0.2) is 0 Å². The lowest BCUT2D eigenvalue weighted by Gasteiger charge is -2.34. The van der Waals surface area contributed by atoms with Gasteiger partial charge >= 0.3 is 0 Å². The topological polar surface area (TPSA) is 26.0 Å². The third-order valence-electron chi connectivity index (χ3n) is 3.85. The fourth-order valence-electron chi connectivity index (χ4n) is 2.46. The Balaban J connectivity index is 2.06. The number of hydrogen-bond donors (Lipinski definition) is 1. The van der Waals surface area contributed by atoms with E-state index >= 15 is 0 Å². The van der Waals surface area contributed by atoms with E-state index in [1.807, 2.05) is 0 Å². The van der Waals surface area contributed by atoms with Crippen molar-refractivity contribution in [3.63, 3.8) is 0 Å². The fourth-order valence-corrected chi connectivity index (χ4v) is 5.50. The summed E-state index contributed by atoms with van der Waals surface area (Å²) in [6, 6.07) is 9.05. The first-order chi connectivity index (χ1) is 9.11. The number of thioether (sulfide) groups is 2. The minimum absolute atomic E-state index is 0.171. The van der Waals surface area contributed by atoms with Gasteiger partial charge in [0.2, 0.25) is 0 Å². The summed E-state index contributed by atoms with van der Waals surface area (Å²) >= 11 is 4.14. The maximum Gasteiger partial charge on any atom is 0.0423 e. The summed E-state index contributed by atoms with van der Waals surface area (Å²) in [5.41, 5.74) is 9.24. The SMILES string of the molecule is CCCc1cccc(C(N)C2CSC(C)C(C)S2)c1. The molecule has 0 saturated carbocycles. The molecule has 1 aliphatic heterocycles. The number of benzene rings is 1. The molecule has 1 saturated heterocycles. The van der Waals surface area contributed by atoms with Gasteiger partial charge in [-0.05, 0) is 17.5 Å². The molecule has 0 aliphatic carbocycles. The fraction of sp³-hybridized carbons (Fsp3) is 0.625. The first-order valence-electron chi connectivity index (χ1n) is 7.23. The molecule has 0 radical (unpaired) electrons. The summed E-state index contributed by atoms with van der Waals surface area (Å²) in [7, 11) is 0. The average Bonchev–Trinajstić information content (AvgIpc) is 2.42. The van der Waals surface area contributed by atoms with Crippen molar-refractivity contribution in [3.05, 3.63) is 35.4 Å². The third-order valence-corrected chi connectivity index (χ3v) is 7.36. The lowest BCUT2D eigenvalue weighted by Crippen LogP contribution is -2.34. The predicted octanol–water partition coefficient (Wildman–Crippen LogP) is 4.26. The van der Waals surface area contributed by atoms with Crippen molar-refractivity contribution in [1.82, 2.24) is 0 Å². The van der Waals surface area contributed by atoms with Gasteiger partial charge in [-0.1, -0.05) is 51.5 Å². The molecule has 0 amide bonds. The van der Waals surface area contributed by atoms with Crippen molar-refractivity contribution < 1.29 is 0 Å². The van der Waals surface area contributed by atoms with Gasteiger partial charge in [0.05, 0.1) is 0 Å². The number of aryl methyl sites for hydroxylation is 1. The molecule has 4 atom stereocenters. The maximum atomic E-state index is 6.51. The van der Waals surface area contributed by atoms with E-state index in [0.29, 0.717) is 10.5 Å². The van der Waals surface area contributed by atoms with E-state index < -0.39 is 0 Å². The smallest absolute Gasteiger partial charge is 0.0423 e. The quantitative estimate of drug-likeness (QED) is 0.898. The summed E-state index contributed by atoms with van der Waals surface area (Å²) < 4.78 is 0. The lowest BCUT2D eigenvalue weighted by atomic mass is 10.0. The highest BCUT2D eigenvalue weighted by Gasteiger charge is 2.30. The van der Waals surface area contributed by atoms with Gasteiger partial charge in [-0.25, -0.2) is 0 Å². The van der Waals surface area contributed by atoms with Gasteiger partial charge in [-0.3, -0.25) is 0 Å². The Morgan fingerprint density at radius 3 is 2.79 bits per heavy atom. The highest BCUT2D eigenvalue weighted by molar-refractivity contribution is 8.07. The van der Waals surface area contributed by atoms with E-state index in [-0.39, 0.29) is 6.04 Å². The zero-order valence-electron chi connectivity index (χ0n) is 12.1. The van der Waals surface area contributed by atoms with Crippen LogP contribution in [0.5, 0.6) is 0 Å². The van der Waals surface area contributed by atoms with Crippen LogP contribution in [0.1, 0.15) is 44.4 Å². The van der Waals surface area contributed by atoms with Crippen molar-refractivity contribution in [2.75, 3.05) is 5.75 Å². The van der Waals surface area contributed by atoms with Gasteiger partial charge in [0, 0.05) is 27.5 Å². The molecule has 1 aromatic rings. The van der Waals surface area contributed by atoms with Gasteiger partial charge in [-0.15, -0.1) is 0 Å². The van der Waals surface area contributed by atoms with Crippen molar-refractivity contribution >= 4 is 23.5 Å². The predicted molar refractivity (Wildman–Crippen MR) is 90.1 cm³/mol. The third kappa shape index (κ3) is 3.93. The Morgan fingerprint density at radius 1 is 1.32 bits per heavy atom. The number of rotatable bonds is 4. The first kappa shape index (κ1) is 15.3. The summed E-state index contributed by atoms with van der Waals surface area (Å²) in [6.45, 7) is 6.88. The van der Waals surface area contributed by atoms with Crippen LogP contribution >= 0.6 is 23.5 Å². The molecular formula is C16H25NS2. The molecule has 1 aliphatic rings. The molecule has 1 nitrogen and oxygen atoms in total. The molecule has 19 heavy (non-hydrogen) atoms. The zero-order valence-corrected chi connectivity index (χ0v) is 13.8. The van der Waals surface area contributed by atoms with Crippen molar-refractivity contribution in [2.24, 2.45) is 5.73 Å². The molecule has 2 N–H and O–H groups in total. The second kappa shape index (κ2) is 7.05. The van der Waals surface area contributed by atoms with Gasteiger partial charge in [0.25, 0.3) is 0 Å². The molecule has 106 valence electrons. The summed E-state index contributed by atoms with van der Waals surface area (Å²) in [4.78, 5) is 0. The highest BCUT2D eigenvalue weighted by Crippen LogP contribution is 2.40.